The maximum Gasteiger partial charge on any atom is 0.416 e. The van der Waals surface area contributed by atoms with Crippen LogP contribution in [-0.4, -0.2) is 34.6 Å². The molecule has 1 aromatic heterocycles. The first-order valence-corrected chi connectivity index (χ1v) is 15.2. The number of amides is 3. The Kier molecular flexibility index (Phi) is 7.80. The summed E-state index contributed by atoms with van der Waals surface area (Å²) in [4.78, 5) is 54.8. The van der Waals surface area contributed by atoms with Crippen molar-refractivity contribution in [2.45, 2.75) is 28.9 Å². The van der Waals surface area contributed by atoms with E-state index in [4.69, 9.17) is 16.3 Å². The first-order chi connectivity index (χ1) is 21.0. The van der Waals surface area contributed by atoms with E-state index in [0.717, 1.165) is 46.2 Å². The third kappa shape index (κ3) is 5.39. The van der Waals surface area contributed by atoms with E-state index in [1.165, 1.54) is 17.7 Å². The molecule has 3 atom stereocenters. The van der Waals surface area contributed by atoms with Crippen molar-refractivity contribution in [3.05, 3.63) is 103 Å². The number of carbonyl (C=O) groups excluding carboxylic acids is 3. The molecule has 3 heterocycles. The van der Waals surface area contributed by atoms with Crippen LogP contribution in [0.3, 0.4) is 0 Å². The van der Waals surface area contributed by atoms with E-state index in [1.54, 1.807) is 48.5 Å². The molecule has 4 aromatic rings. The number of fused-ring (bicyclic) bond motifs is 2. The number of nitrogens with one attached hydrogen (secondary N) is 1. The monoisotopic (exact) mass is 659 g/mol. The van der Waals surface area contributed by atoms with Crippen LogP contribution >= 0.6 is 34.7 Å². The summed E-state index contributed by atoms with van der Waals surface area (Å²) in [6.45, 7) is -0.369. The molecule has 1 fully saturated rings. The SMILES string of the molecule is COc1ccc([C@H]2c3sc(=O)n(CC(=O)Nc4ccc(Cl)cc4)c3SC3C(=O)N(c4cccc(C(F)(F)F)c4)C(=O)C32)cc1. The van der Waals surface area contributed by atoms with Gasteiger partial charge in [-0.25, -0.2) is 4.90 Å². The zero-order valence-electron chi connectivity index (χ0n) is 22.6. The van der Waals surface area contributed by atoms with Crippen LogP contribution in [0.25, 0.3) is 0 Å². The number of anilines is 2. The molecule has 2 aliphatic heterocycles. The average Bonchev–Trinajstić information content (AvgIpc) is 3.44. The Labute approximate surface area is 261 Å². The predicted octanol–water partition coefficient (Wildman–Crippen LogP) is 6.03. The standard InChI is InChI=1S/C30H21ClF3N3O5S2/c1-42-20-11-5-15(6-12-20)22-23-24(27(40)37(26(23)39)19-4-2-3-16(13-19)30(32,33)34)43-28-25(22)44-29(41)36(28)14-21(38)35-18-9-7-17(31)8-10-18/h2-13,22-24H,14H2,1H3,(H,35,38)/t22-,23?,24?/m1/s1. The van der Waals surface area contributed by atoms with Crippen molar-refractivity contribution in [1.82, 2.24) is 4.57 Å². The van der Waals surface area contributed by atoms with Gasteiger partial charge >= 0.3 is 11.0 Å². The molecule has 0 spiro atoms. The van der Waals surface area contributed by atoms with Gasteiger partial charge in [0, 0.05) is 21.5 Å². The molecular formula is C30H21ClF3N3O5S2. The average molecular weight is 660 g/mol. The van der Waals surface area contributed by atoms with E-state index < -0.39 is 51.4 Å². The Bertz CT molecular complexity index is 1840. The Hall–Kier alpha value is -4.07. The fourth-order valence-electron chi connectivity index (χ4n) is 5.38. The molecule has 2 aliphatic rings. The van der Waals surface area contributed by atoms with E-state index in [0.29, 0.717) is 31.9 Å². The number of ether oxygens (including phenoxy) is 1. The van der Waals surface area contributed by atoms with Crippen LogP contribution in [0.2, 0.25) is 5.02 Å². The Morgan fingerprint density at radius 2 is 1.70 bits per heavy atom. The van der Waals surface area contributed by atoms with Gasteiger partial charge in [-0.1, -0.05) is 52.9 Å². The van der Waals surface area contributed by atoms with Crippen LogP contribution < -0.4 is 19.8 Å². The van der Waals surface area contributed by atoms with Crippen molar-refractivity contribution in [2.75, 3.05) is 17.3 Å². The number of alkyl halides is 3. The molecule has 14 heteroatoms. The van der Waals surface area contributed by atoms with Crippen LogP contribution in [0.5, 0.6) is 5.75 Å². The van der Waals surface area contributed by atoms with Crippen molar-refractivity contribution >= 4 is 63.8 Å². The van der Waals surface area contributed by atoms with E-state index in [-0.39, 0.29) is 12.2 Å². The number of hydrogen-bond donors (Lipinski definition) is 1. The lowest BCUT2D eigenvalue weighted by Gasteiger charge is -2.30. The van der Waals surface area contributed by atoms with Gasteiger partial charge in [0.2, 0.25) is 17.7 Å². The number of nitrogens with zero attached hydrogens (tertiary/aromatic N) is 2. The van der Waals surface area contributed by atoms with Gasteiger partial charge < -0.3 is 10.1 Å². The molecule has 2 unspecified atom stereocenters. The first-order valence-electron chi connectivity index (χ1n) is 13.1. The minimum absolute atomic E-state index is 0.193. The molecule has 6 rings (SSSR count). The summed E-state index contributed by atoms with van der Waals surface area (Å²) in [5.41, 5.74) is -0.118. The van der Waals surface area contributed by atoms with Gasteiger partial charge in [-0.2, -0.15) is 13.2 Å². The van der Waals surface area contributed by atoms with Gasteiger partial charge in [0.1, 0.15) is 17.5 Å². The zero-order valence-corrected chi connectivity index (χ0v) is 25.0. The molecule has 226 valence electrons. The van der Waals surface area contributed by atoms with Gasteiger partial charge in [-0.3, -0.25) is 23.7 Å². The highest BCUT2D eigenvalue weighted by Crippen LogP contribution is 2.54. The number of benzene rings is 3. The lowest BCUT2D eigenvalue weighted by molar-refractivity contribution is -0.137. The van der Waals surface area contributed by atoms with Crippen LogP contribution in [0.1, 0.15) is 21.9 Å². The molecule has 44 heavy (non-hydrogen) atoms. The topological polar surface area (TPSA) is 97.7 Å². The third-order valence-electron chi connectivity index (χ3n) is 7.39. The highest BCUT2D eigenvalue weighted by molar-refractivity contribution is 8.00. The summed E-state index contributed by atoms with van der Waals surface area (Å²) in [7, 11) is 1.49. The van der Waals surface area contributed by atoms with Crippen molar-refractivity contribution in [2.24, 2.45) is 5.92 Å². The molecule has 3 aromatic carbocycles. The van der Waals surface area contributed by atoms with Gasteiger partial charge in [-0.15, -0.1) is 0 Å². The minimum atomic E-state index is -4.68. The largest absolute Gasteiger partial charge is 0.497 e. The van der Waals surface area contributed by atoms with Crippen molar-refractivity contribution in [3.8, 4) is 5.75 Å². The fraction of sp³-hybridized carbons (Fsp3) is 0.200. The Morgan fingerprint density at radius 3 is 2.36 bits per heavy atom. The third-order valence-corrected chi connectivity index (χ3v) is 10.2. The lowest BCUT2D eigenvalue weighted by atomic mass is 9.83. The predicted molar refractivity (Wildman–Crippen MR) is 161 cm³/mol. The van der Waals surface area contributed by atoms with E-state index in [9.17, 15) is 32.3 Å². The van der Waals surface area contributed by atoms with Crippen LogP contribution in [0, 0.1) is 5.92 Å². The number of thioether (sulfide) groups is 1. The van der Waals surface area contributed by atoms with E-state index in [2.05, 4.69) is 5.32 Å². The Balaban J connectivity index is 1.41. The number of aromatic nitrogens is 1. The van der Waals surface area contributed by atoms with E-state index in [1.807, 2.05) is 0 Å². The maximum atomic E-state index is 14.0. The maximum absolute atomic E-state index is 14.0. The molecule has 1 N–H and O–H groups in total. The highest BCUT2D eigenvalue weighted by atomic mass is 35.5. The number of carbonyl (C=O) groups is 3. The summed E-state index contributed by atoms with van der Waals surface area (Å²) < 4.78 is 47.0. The Morgan fingerprint density at radius 1 is 1.00 bits per heavy atom. The van der Waals surface area contributed by atoms with Crippen LogP contribution in [0.15, 0.2) is 82.6 Å². The molecular weight excluding hydrogens is 639 g/mol. The van der Waals surface area contributed by atoms with Crippen molar-refractivity contribution in [3.63, 3.8) is 0 Å². The number of rotatable bonds is 6. The van der Waals surface area contributed by atoms with Crippen LogP contribution in [-0.2, 0) is 27.1 Å². The van der Waals surface area contributed by atoms with Crippen molar-refractivity contribution < 1.29 is 32.3 Å². The normalized spacial score (nSPS) is 19.5. The molecule has 0 aliphatic carbocycles. The molecule has 3 amide bonds. The smallest absolute Gasteiger partial charge is 0.416 e. The highest BCUT2D eigenvalue weighted by Gasteiger charge is 2.57. The molecule has 8 nitrogen and oxygen atoms in total. The summed E-state index contributed by atoms with van der Waals surface area (Å²) in [6, 6.07) is 17.3. The number of methoxy groups -OCH3 is 1. The second kappa shape index (κ2) is 11.5. The number of imide groups is 1. The first kappa shape index (κ1) is 30.0. The lowest BCUT2D eigenvalue weighted by Crippen LogP contribution is -2.33. The van der Waals surface area contributed by atoms with E-state index >= 15 is 0 Å². The number of hydrogen-bond acceptors (Lipinski definition) is 7. The number of halogens is 4. The molecule has 0 bridgehead atoms. The molecule has 0 saturated carbocycles. The van der Waals surface area contributed by atoms with Gasteiger partial charge in [0.05, 0.1) is 29.3 Å². The van der Waals surface area contributed by atoms with Crippen molar-refractivity contribution in [1.29, 1.82) is 0 Å². The van der Waals surface area contributed by atoms with Gasteiger partial charge in [-0.05, 0) is 60.2 Å². The minimum Gasteiger partial charge on any atom is -0.497 e. The molecule has 0 radical (unpaired) electrons. The summed E-state index contributed by atoms with van der Waals surface area (Å²) in [6.07, 6.45) is -4.68. The molecule has 1 saturated heterocycles. The summed E-state index contributed by atoms with van der Waals surface area (Å²) >= 11 is 7.75. The fourth-order valence-corrected chi connectivity index (χ4v) is 8.28. The zero-order chi connectivity index (χ0) is 31.3. The summed E-state index contributed by atoms with van der Waals surface area (Å²) in [5.74, 6) is -3.14. The second-order valence-electron chi connectivity index (χ2n) is 10.1. The van der Waals surface area contributed by atoms with Gasteiger partial charge in [0.15, 0.2) is 0 Å². The number of thiazole rings is 1. The van der Waals surface area contributed by atoms with Gasteiger partial charge in [0.25, 0.3) is 0 Å². The summed E-state index contributed by atoms with van der Waals surface area (Å²) in [5, 5.41) is 2.48. The second-order valence-corrected chi connectivity index (χ2v) is 12.6. The quantitative estimate of drug-likeness (QED) is 0.254. The van der Waals surface area contributed by atoms with Crippen LogP contribution in [0.4, 0.5) is 24.5 Å².